The lowest BCUT2D eigenvalue weighted by atomic mass is 10.1. The Labute approximate surface area is 126 Å². The van der Waals surface area contributed by atoms with Crippen molar-refractivity contribution in [2.45, 2.75) is 13.3 Å². The number of carbonyl (C=O) groups excluding carboxylic acids is 1. The zero-order valence-electron chi connectivity index (χ0n) is 12.6. The first-order valence-electron chi connectivity index (χ1n) is 7.20. The first kappa shape index (κ1) is 16.8. The van der Waals surface area contributed by atoms with E-state index in [1.807, 2.05) is 37.3 Å². The Morgan fingerprint density at radius 3 is 2.67 bits per heavy atom. The molecule has 0 aliphatic carbocycles. The Morgan fingerprint density at radius 2 is 2.00 bits per heavy atom. The number of amides is 1. The van der Waals surface area contributed by atoms with E-state index in [0.717, 1.165) is 13.0 Å². The van der Waals surface area contributed by atoms with E-state index >= 15 is 0 Å². The predicted molar refractivity (Wildman–Crippen MR) is 87.3 cm³/mol. The molecule has 0 heterocycles. The molecule has 3 N–H and O–H groups in total. The summed E-state index contributed by atoms with van der Waals surface area (Å²) in [4.78, 5) is 15.9. The molecule has 1 aromatic carbocycles. The van der Waals surface area contributed by atoms with Gasteiger partial charge >= 0.3 is 0 Å². The third kappa shape index (κ3) is 7.77. The molecule has 0 saturated heterocycles. The van der Waals surface area contributed by atoms with Crippen molar-refractivity contribution in [1.29, 1.82) is 0 Å². The second-order valence-electron chi connectivity index (χ2n) is 4.45. The molecule has 0 fully saturated rings. The topological polar surface area (TPSA) is 65.5 Å². The number of nitrogens with zero attached hydrogens (tertiary/aromatic N) is 1. The number of rotatable bonds is 8. The van der Waals surface area contributed by atoms with Gasteiger partial charge in [0, 0.05) is 19.6 Å². The first-order valence-corrected chi connectivity index (χ1v) is 7.20. The van der Waals surface area contributed by atoms with Gasteiger partial charge in [-0.1, -0.05) is 36.4 Å². The summed E-state index contributed by atoms with van der Waals surface area (Å²) >= 11 is 0. The molecular formula is C16H24N4O. The highest BCUT2D eigenvalue weighted by Gasteiger charge is 2.01. The van der Waals surface area contributed by atoms with Gasteiger partial charge < -0.3 is 16.0 Å². The van der Waals surface area contributed by atoms with Gasteiger partial charge in [-0.3, -0.25) is 4.79 Å². The summed E-state index contributed by atoms with van der Waals surface area (Å²) in [5.41, 5.74) is 1.21. The maximum absolute atomic E-state index is 11.7. The van der Waals surface area contributed by atoms with Crippen molar-refractivity contribution in [3.8, 4) is 0 Å². The van der Waals surface area contributed by atoms with Crippen LogP contribution < -0.4 is 16.0 Å². The molecule has 5 nitrogen and oxygen atoms in total. The number of carbonyl (C=O) groups is 1. The van der Waals surface area contributed by atoms with Crippen LogP contribution in [0.4, 0.5) is 0 Å². The van der Waals surface area contributed by atoms with Crippen LogP contribution in [0.3, 0.4) is 0 Å². The highest BCUT2D eigenvalue weighted by molar-refractivity contribution is 5.84. The highest BCUT2D eigenvalue weighted by atomic mass is 16.1. The van der Waals surface area contributed by atoms with Crippen LogP contribution in [-0.4, -0.2) is 38.0 Å². The van der Waals surface area contributed by atoms with Crippen molar-refractivity contribution >= 4 is 11.9 Å². The molecule has 1 amide bonds. The standard InChI is InChI=1S/C16H24N4O/c1-3-11-19-16(17-4-2)20-13-15(21)18-12-10-14-8-6-5-7-9-14/h3,5-9H,1,4,10-13H2,2H3,(H,18,21)(H2,17,19,20). The summed E-state index contributed by atoms with van der Waals surface area (Å²) in [7, 11) is 0. The van der Waals surface area contributed by atoms with Gasteiger partial charge in [0.1, 0.15) is 6.54 Å². The van der Waals surface area contributed by atoms with Crippen LogP contribution in [0.5, 0.6) is 0 Å². The molecule has 1 aromatic rings. The average molecular weight is 288 g/mol. The van der Waals surface area contributed by atoms with Gasteiger partial charge in [-0.25, -0.2) is 4.99 Å². The maximum Gasteiger partial charge on any atom is 0.241 e. The fourth-order valence-electron chi connectivity index (χ4n) is 1.71. The number of hydrogen-bond donors (Lipinski definition) is 3. The quantitative estimate of drug-likeness (QED) is 0.381. The summed E-state index contributed by atoms with van der Waals surface area (Å²) in [6.07, 6.45) is 2.57. The SMILES string of the molecule is C=CCNC(=NCC(=O)NCCc1ccccc1)NCC. The van der Waals surface area contributed by atoms with Crippen molar-refractivity contribution in [2.24, 2.45) is 4.99 Å². The molecule has 0 spiro atoms. The summed E-state index contributed by atoms with van der Waals surface area (Å²) in [6, 6.07) is 10.1. The second-order valence-corrected chi connectivity index (χ2v) is 4.45. The van der Waals surface area contributed by atoms with E-state index in [1.165, 1.54) is 5.56 Å². The minimum Gasteiger partial charge on any atom is -0.357 e. The van der Waals surface area contributed by atoms with Crippen molar-refractivity contribution in [3.63, 3.8) is 0 Å². The van der Waals surface area contributed by atoms with Gasteiger partial charge in [0.05, 0.1) is 0 Å². The van der Waals surface area contributed by atoms with E-state index in [2.05, 4.69) is 27.5 Å². The monoisotopic (exact) mass is 288 g/mol. The van der Waals surface area contributed by atoms with Crippen molar-refractivity contribution in [2.75, 3.05) is 26.2 Å². The first-order chi connectivity index (χ1) is 10.3. The highest BCUT2D eigenvalue weighted by Crippen LogP contribution is 1.97. The van der Waals surface area contributed by atoms with Crippen molar-refractivity contribution in [1.82, 2.24) is 16.0 Å². The molecule has 0 atom stereocenters. The van der Waals surface area contributed by atoms with E-state index in [-0.39, 0.29) is 12.5 Å². The largest absolute Gasteiger partial charge is 0.357 e. The zero-order chi connectivity index (χ0) is 15.3. The molecule has 0 saturated carbocycles. The van der Waals surface area contributed by atoms with Gasteiger partial charge in [0.25, 0.3) is 0 Å². The van der Waals surface area contributed by atoms with Gasteiger partial charge in [0.2, 0.25) is 5.91 Å². The van der Waals surface area contributed by atoms with Crippen LogP contribution in [-0.2, 0) is 11.2 Å². The molecule has 5 heteroatoms. The molecule has 0 aliphatic rings. The molecule has 1 rings (SSSR count). The fraction of sp³-hybridized carbons (Fsp3) is 0.375. The molecule has 0 aromatic heterocycles. The molecule has 0 radical (unpaired) electrons. The smallest absolute Gasteiger partial charge is 0.241 e. The third-order valence-corrected chi connectivity index (χ3v) is 2.72. The van der Waals surface area contributed by atoms with E-state index in [0.29, 0.717) is 19.0 Å². The van der Waals surface area contributed by atoms with Gasteiger partial charge in [-0.05, 0) is 18.9 Å². The number of benzene rings is 1. The van der Waals surface area contributed by atoms with Gasteiger partial charge in [-0.2, -0.15) is 0 Å². The van der Waals surface area contributed by atoms with Gasteiger partial charge in [0.15, 0.2) is 5.96 Å². The molecular weight excluding hydrogens is 264 g/mol. The number of hydrogen-bond acceptors (Lipinski definition) is 2. The lowest BCUT2D eigenvalue weighted by Crippen LogP contribution is -2.38. The molecule has 0 bridgehead atoms. The van der Waals surface area contributed by atoms with Crippen LogP contribution in [0.2, 0.25) is 0 Å². The lowest BCUT2D eigenvalue weighted by molar-refractivity contribution is -0.119. The normalized spacial score (nSPS) is 10.8. The van der Waals surface area contributed by atoms with Crippen molar-refractivity contribution in [3.05, 3.63) is 48.6 Å². The molecule has 0 unspecified atom stereocenters. The summed E-state index contributed by atoms with van der Waals surface area (Å²) in [5.74, 6) is 0.539. The summed E-state index contributed by atoms with van der Waals surface area (Å²) in [6.45, 7) is 7.70. The van der Waals surface area contributed by atoms with Crippen LogP contribution in [0.25, 0.3) is 0 Å². The Morgan fingerprint density at radius 1 is 1.24 bits per heavy atom. The summed E-state index contributed by atoms with van der Waals surface area (Å²) in [5, 5.41) is 8.98. The maximum atomic E-state index is 11.7. The van der Waals surface area contributed by atoms with E-state index < -0.39 is 0 Å². The van der Waals surface area contributed by atoms with Crippen LogP contribution in [0.15, 0.2) is 48.0 Å². The zero-order valence-corrected chi connectivity index (χ0v) is 12.6. The van der Waals surface area contributed by atoms with Gasteiger partial charge in [-0.15, -0.1) is 6.58 Å². The van der Waals surface area contributed by atoms with E-state index in [4.69, 9.17) is 0 Å². The van der Waals surface area contributed by atoms with Crippen LogP contribution in [0, 0.1) is 0 Å². The average Bonchev–Trinajstić information content (AvgIpc) is 2.51. The van der Waals surface area contributed by atoms with Crippen LogP contribution >= 0.6 is 0 Å². The van der Waals surface area contributed by atoms with Crippen LogP contribution in [0.1, 0.15) is 12.5 Å². The second kappa shape index (κ2) is 10.5. The minimum absolute atomic E-state index is 0.0817. The fourth-order valence-corrected chi connectivity index (χ4v) is 1.71. The minimum atomic E-state index is -0.0817. The van der Waals surface area contributed by atoms with Crippen molar-refractivity contribution < 1.29 is 4.79 Å². The Hall–Kier alpha value is -2.30. The number of nitrogens with one attached hydrogen (secondary N) is 3. The molecule has 21 heavy (non-hydrogen) atoms. The Kier molecular flexibility index (Phi) is 8.36. The van der Waals surface area contributed by atoms with E-state index in [9.17, 15) is 4.79 Å². The Bertz CT molecular complexity index is 457. The predicted octanol–water partition coefficient (Wildman–Crippen LogP) is 1.09. The Balaban J connectivity index is 2.29. The molecule has 114 valence electrons. The lowest BCUT2D eigenvalue weighted by Gasteiger charge is -2.09. The number of guanidine groups is 1. The summed E-state index contributed by atoms with van der Waals surface area (Å²) < 4.78 is 0. The van der Waals surface area contributed by atoms with E-state index in [1.54, 1.807) is 6.08 Å². The number of aliphatic imine (C=N–C) groups is 1. The third-order valence-electron chi connectivity index (χ3n) is 2.72. The molecule has 0 aliphatic heterocycles.